The van der Waals surface area contributed by atoms with Crippen molar-refractivity contribution in [2.45, 2.75) is 20.0 Å². The van der Waals surface area contributed by atoms with Crippen LogP contribution in [-0.4, -0.2) is 11.0 Å². The fraction of sp³-hybridized carbons (Fsp3) is 0.188. The van der Waals surface area contributed by atoms with E-state index in [0.717, 1.165) is 10.0 Å². The van der Waals surface area contributed by atoms with Crippen LogP contribution in [0.1, 0.15) is 25.5 Å². The van der Waals surface area contributed by atoms with Crippen molar-refractivity contribution in [1.82, 2.24) is 0 Å². The number of benzene rings is 2. The molecule has 2 aromatic rings. The van der Waals surface area contributed by atoms with Crippen LogP contribution in [0.4, 0.5) is 5.69 Å². The molecule has 2 aromatic carbocycles. The lowest BCUT2D eigenvalue weighted by Crippen LogP contribution is -2.06. The molecule has 5 heteroatoms. The summed E-state index contributed by atoms with van der Waals surface area (Å²) < 4.78 is 6.57. The minimum atomic E-state index is -0.540. The van der Waals surface area contributed by atoms with Crippen LogP contribution in [0.3, 0.4) is 0 Å². The van der Waals surface area contributed by atoms with Gasteiger partial charge in [0, 0.05) is 6.92 Å². The third-order valence-corrected chi connectivity index (χ3v) is 3.48. The number of halogens is 1. The smallest absolute Gasteiger partial charge is 0.221 e. The number of amides is 1. The van der Waals surface area contributed by atoms with Gasteiger partial charge in [-0.15, -0.1) is 0 Å². The van der Waals surface area contributed by atoms with Crippen molar-refractivity contribution in [3.05, 3.63) is 52.5 Å². The molecule has 0 unspecified atom stereocenters. The summed E-state index contributed by atoms with van der Waals surface area (Å²) in [6.07, 6.45) is -0.540. The van der Waals surface area contributed by atoms with Crippen molar-refractivity contribution < 1.29 is 14.6 Å². The largest absolute Gasteiger partial charge is 0.454 e. The van der Waals surface area contributed by atoms with E-state index >= 15 is 0 Å². The second kappa shape index (κ2) is 6.74. The number of para-hydroxylation sites is 2. The zero-order chi connectivity index (χ0) is 15.4. The molecule has 0 fully saturated rings. The van der Waals surface area contributed by atoms with Gasteiger partial charge >= 0.3 is 0 Å². The van der Waals surface area contributed by atoms with Crippen LogP contribution in [0.25, 0.3) is 0 Å². The highest BCUT2D eigenvalue weighted by molar-refractivity contribution is 9.10. The maximum atomic E-state index is 11.2. The topological polar surface area (TPSA) is 58.6 Å². The van der Waals surface area contributed by atoms with Crippen LogP contribution in [0.2, 0.25) is 0 Å². The molecule has 0 aliphatic heterocycles. The normalized spacial score (nSPS) is 11.8. The Morgan fingerprint density at radius 1 is 1.24 bits per heavy atom. The zero-order valence-corrected chi connectivity index (χ0v) is 13.3. The Bertz CT molecular complexity index is 656. The van der Waals surface area contributed by atoms with Gasteiger partial charge in [-0.2, -0.15) is 0 Å². The minimum Gasteiger partial charge on any atom is -0.454 e. The number of aliphatic hydroxyl groups excluding tert-OH is 1. The monoisotopic (exact) mass is 349 g/mol. The fourth-order valence-corrected chi connectivity index (χ4v) is 2.30. The summed E-state index contributed by atoms with van der Waals surface area (Å²) in [5.41, 5.74) is 1.40. The zero-order valence-electron chi connectivity index (χ0n) is 11.8. The quantitative estimate of drug-likeness (QED) is 0.867. The molecule has 0 saturated heterocycles. The number of aliphatic hydroxyl groups is 1. The first-order valence-electron chi connectivity index (χ1n) is 6.49. The van der Waals surface area contributed by atoms with Gasteiger partial charge in [-0.25, -0.2) is 0 Å². The van der Waals surface area contributed by atoms with Crippen LogP contribution in [0.15, 0.2) is 46.9 Å². The van der Waals surface area contributed by atoms with Gasteiger partial charge in [-0.1, -0.05) is 18.2 Å². The average Bonchev–Trinajstić information content (AvgIpc) is 2.42. The van der Waals surface area contributed by atoms with Crippen molar-refractivity contribution in [1.29, 1.82) is 0 Å². The Kier molecular flexibility index (Phi) is 4.98. The standard InChI is InChI=1S/C16H16BrNO3/c1-10(19)12-7-8-15(13(17)9-12)21-16-6-4-3-5-14(16)18-11(2)20/h3-10,19H,1-2H3,(H,18,20)/t10-/m0/s1. The molecular weight excluding hydrogens is 334 g/mol. The molecule has 21 heavy (non-hydrogen) atoms. The maximum absolute atomic E-state index is 11.2. The summed E-state index contributed by atoms with van der Waals surface area (Å²) in [4.78, 5) is 11.2. The Morgan fingerprint density at radius 3 is 2.57 bits per heavy atom. The molecule has 2 rings (SSSR count). The Balaban J connectivity index is 2.28. The first-order valence-corrected chi connectivity index (χ1v) is 7.28. The number of carbonyl (C=O) groups is 1. The van der Waals surface area contributed by atoms with E-state index in [1.54, 1.807) is 37.3 Å². The highest BCUT2D eigenvalue weighted by Crippen LogP contribution is 2.35. The molecule has 0 aromatic heterocycles. The van der Waals surface area contributed by atoms with Gasteiger partial charge in [0.15, 0.2) is 5.75 Å². The fourth-order valence-electron chi connectivity index (χ4n) is 1.83. The van der Waals surface area contributed by atoms with Crippen LogP contribution >= 0.6 is 15.9 Å². The van der Waals surface area contributed by atoms with Gasteiger partial charge < -0.3 is 15.2 Å². The number of hydrogen-bond acceptors (Lipinski definition) is 3. The molecular formula is C16H16BrNO3. The SMILES string of the molecule is CC(=O)Nc1ccccc1Oc1ccc([C@H](C)O)cc1Br. The lowest BCUT2D eigenvalue weighted by molar-refractivity contribution is -0.114. The minimum absolute atomic E-state index is 0.158. The number of nitrogens with one attached hydrogen (secondary N) is 1. The van der Waals surface area contributed by atoms with E-state index in [1.807, 2.05) is 12.1 Å². The number of anilines is 1. The molecule has 0 heterocycles. The summed E-state index contributed by atoms with van der Waals surface area (Å²) in [6.45, 7) is 3.15. The molecule has 2 N–H and O–H groups in total. The highest BCUT2D eigenvalue weighted by Gasteiger charge is 2.10. The number of ether oxygens (including phenoxy) is 1. The highest BCUT2D eigenvalue weighted by atomic mass is 79.9. The van der Waals surface area contributed by atoms with Crippen molar-refractivity contribution in [3.63, 3.8) is 0 Å². The number of hydrogen-bond donors (Lipinski definition) is 2. The summed E-state index contributed by atoms with van der Waals surface area (Å²) in [5.74, 6) is 1.00. The first-order chi connectivity index (χ1) is 9.97. The van der Waals surface area contributed by atoms with Gasteiger partial charge in [-0.05, 0) is 52.7 Å². The van der Waals surface area contributed by atoms with Crippen LogP contribution < -0.4 is 10.1 Å². The summed E-state index contributed by atoms with van der Waals surface area (Å²) in [7, 11) is 0. The van der Waals surface area contributed by atoms with Gasteiger partial charge in [0.05, 0.1) is 16.3 Å². The van der Waals surface area contributed by atoms with E-state index < -0.39 is 6.10 Å². The molecule has 110 valence electrons. The van der Waals surface area contributed by atoms with E-state index in [0.29, 0.717) is 17.2 Å². The van der Waals surface area contributed by atoms with Crippen LogP contribution in [0, 0.1) is 0 Å². The lowest BCUT2D eigenvalue weighted by atomic mass is 10.1. The second-order valence-corrected chi connectivity index (χ2v) is 5.50. The van der Waals surface area contributed by atoms with Crippen LogP contribution in [0.5, 0.6) is 11.5 Å². The van der Waals surface area contributed by atoms with Gasteiger partial charge in [-0.3, -0.25) is 4.79 Å². The van der Waals surface area contributed by atoms with E-state index in [1.165, 1.54) is 6.92 Å². The second-order valence-electron chi connectivity index (χ2n) is 4.65. The average molecular weight is 350 g/mol. The molecule has 0 radical (unpaired) electrons. The molecule has 1 amide bonds. The summed E-state index contributed by atoms with van der Waals surface area (Å²) >= 11 is 3.42. The predicted octanol–water partition coefficient (Wildman–Crippen LogP) is 4.25. The van der Waals surface area contributed by atoms with Crippen molar-refractivity contribution in [2.75, 3.05) is 5.32 Å². The molecule has 0 aliphatic rings. The Labute approximate surface area is 131 Å². The van der Waals surface area contributed by atoms with E-state index in [9.17, 15) is 9.90 Å². The van der Waals surface area contributed by atoms with Gasteiger partial charge in [0.25, 0.3) is 0 Å². The third-order valence-electron chi connectivity index (χ3n) is 2.86. The van der Waals surface area contributed by atoms with E-state index in [4.69, 9.17) is 4.74 Å². The predicted molar refractivity (Wildman–Crippen MR) is 85.6 cm³/mol. The summed E-state index contributed by atoms with van der Waals surface area (Å²) in [6, 6.07) is 12.6. The van der Waals surface area contributed by atoms with Crippen molar-refractivity contribution in [3.8, 4) is 11.5 Å². The molecule has 0 spiro atoms. The Hall–Kier alpha value is -1.85. The third kappa shape index (κ3) is 4.06. The van der Waals surface area contributed by atoms with E-state index in [2.05, 4.69) is 21.2 Å². The summed E-state index contributed by atoms with van der Waals surface area (Å²) in [5, 5.41) is 12.3. The maximum Gasteiger partial charge on any atom is 0.221 e. The van der Waals surface area contributed by atoms with Crippen molar-refractivity contribution in [2.24, 2.45) is 0 Å². The molecule has 0 bridgehead atoms. The van der Waals surface area contributed by atoms with Crippen LogP contribution in [-0.2, 0) is 4.79 Å². The van der Waals surface area contributed by atoms with Gasteiger partial charge in [0.2, 0.25) is 5.91 Å². The lowest BCUT2D eigenvalue weighted by Gasteiger charge is -2.13. The molecule has 1 atom stereocenters. The molecule has 4 nitrogen and oxygen atoms in total. The molecule has 0 aliphatic carbocycles. The first kappa shape index (κ1) is 15.5. The van der Waals surface area contributed by atoms with Crippen molar-refractivity contribution >= 4 is 27.5 Å². The van der Waals surface area contributed by atoms with Gasteiger partial charge in [0.1, 0.15) is 5.75 Å². The number of rotatable bonds is 4. The van der Waals surface area contributed by atoms with E-state index in [-0.39, 0.29) is 5.91 Å². The molecule has 0 saturated carbocycles. The number of carbonyl (C=O) groups excluding carboxylic acids is 1. The Morgan fingerprint density at radius 2 is 1.95 bits per heavy atom.